The lowest BCUT2D eigenvalue weighted by molar-refractivity contribution is -0.672. The van der Waals surface area contributed by atoms with Crippen molar-refractivity contribution in [3.8, 4) is 51.3 Å². The molecule has 0 aliphatic heterocycles. The summed E-state index contributed by atoms with van der Waals surface area (Å²) in [4.78, 5) is 19.6. The molecule has 0 saturated heterocycles. The van der Waals surface area contributed by atoms with E-state index in [1.165, 1.54) is 19.2 Å². The molecule has 0 bridgehead atoms. The summed E-state index contributed by atoms with van der Waals surface area (Å²) in [5, 5.41) is 16.8. The van der Waals surface area contributed by atoms with E-state index >= 15 is 0 Å². The molecule has 0 unspecified atom stereocenters. The number of halogens is 3. The first kappa shape index (κ1) is 31.4. The van der Waals surface area contributed by atoms with E-state index < -0.39 is 29.5 Å². The number of ketones is 1. The third-order valence-electron chi connectivity index (χ3n) is 7.82. The van der Waals surface area contributed by atoms with Crippen molar-refractivity contribution in [2.24, 2.45) is 0 Å². The highest BCUT2D eigenvalue weighted by Gasteiger charge is 2.38. The van der Waals surface area contributed by atoms with Crippen LogP contribution in [0.3, 0.4) is 0 Å². The number of alkyl halides is 3. The summed E-state index contributed by atoms with van der Waals surface area (Å²) in [5.74, 6) is -1.00. The zero-order chi connectivity index (χ0) is 34.4. The second kappa shape index (κ2) is 12.1. The highest BCUT2D eigenvalue weighted by Crippen LogP contribution is 2.46. The SMILES string of the molecule is COc1ccc(-c2cc(-c3cccc4ccccc34)nc3sc(C(=O)c4c(O)on[n+]4-c4ccc(OC(F)(F)F)cc4)c(N)c23)c(OC)c1. The number of ether oxygens (including phenoxy) is 3. The van der Waals surface area contributed by atoms with Gasteiger partial charge in [0.15, 0.2) is 0 Å². The van der Waals surface area contributed by atoms with E-state index in [1.54, 1.807) is 19.2 Å². The number of hydrogen-bond donors (Lipinski definition) is 2. The molecule has 10 nitrogen and oxygen atoms in total. The number of aromatic nitrogens is 3. The number of thiophene rings is 1. The number of methoxy groups -OCH3 is 2. The van der Waals surface area contributed by atoms with Gasteiger partial charge in [-0.05, 0) is 46.7 Å². The molecule has 3 N–H and O–H groups in total. The van der Waals surface area contributed by atoms with Crippen molar-refractivity contribution in [2.75, 3.05) is 20.0 Å². The second-order valence-electron chi connectivity index (χ2n) is 10.7. The maximum atomic E-state index is 14.2. The Balaban J connectivity index is 1.41. The van der Waals surface area contributed by atoms with Gasteiger partial charge in [-0.15, -0.1) is 24.5 Å². The van der Waals surface area contributed by atoms with Crippen molar-refractivity contribution in [3.63, 3.8) is 0 Å². The Hall–Kier alpha value is -6.15. The van der Waals surface area contributed by atoms with Gasteiger partial charge in [-0.3, -0.25) is 9.32 Å². The smallest absolute Gasteiger partial charge is 0.497 e. The zero-order valence-electron chi connectivity index (χ0n) is 25.6. The summed E-state index contributed by atoms with van der Waals surface area (Å²) >= 11 is 1.01. The van der Waals surface area contributed by atoms with Gasteiger partial charge in [0.2, 0.25) is 11.0 Å². The molecule has 0 saturated carbocycles. The molecule has 0 spiro atoms. The fourth-order valence-electron chi connectivity index (χ4n) is 5.63. The minimum Gasteiger partial charge on any atom is -0.497 e. The van der Waals surface area contributed by atoms with Gasteiger partial charge in [-0.1, -0.05) is 42.5 Å². The summed E-state index contributed by atoms with van der Waals surface area (Å²) in [6, 6.07) is 25.5. The van der Waals surface area contributed by atoms with Crippen molar-refractivity contribution >= 4 is 43.8 Å². The zero-order valence-corrected chi connectivity index (χ0v) is 26.4. The lowest BCUT2D eigenvalue weighted by Crippen LogP contribution is -2.38. The molecule has 0 aliphatic carbocycles. The van der Waals surface area contributed by atoms with Crippen LogP contribution in [0.2, 0.25) is 0 Å². The maximum absolute atomic E-state index is 14.2. The third kappa shape index (κ3) is 5.71. The summed E-state index contributed by atoms with van der Waals surface area (Å²) in [7, 11) is 3.08. The van der Waals surface area contributed by atoms with Crippen LogP contribution in [-0.2, 0) is 0 Å². The van der Waals surface area contributed by atoms with Gasteiger partial charge in [0.1, 0.15) is 27.0 Å². The maximum Gasteiger partial charge on any atom is 0.573 e. The number of benzene rings is 4. The minimum absolute atomic E-state index is 0.0237. The predicted molar refractivity (Wildman–Crippen MR) is 175 cm³/mol. The van der Waals surface area contributed by atoms with Gasteiger partial charge in [-0.25, -0.2) is 4.98 Å². The van der Waals surface area contributed by atoms with E-state index in [0.29, 0.717) is 38.5 Å². The molecule has 3 aromatic heterocycles. The highest BCUT2D eigenvalue weighted by atomic mass is 32.1. The topological polar surface area (TPSA) is 134 Å². The van der Waals surface area contributed by atoms with E-state index in [2.05, 4.69) is 10.0 Å². The number of pyridine rings is 1. The molecule has 4 aromatic carbocycles. The van der Waals surface area contributed by atoms with Gasteiger partial charge in [-0.2, -0.15) is 0 Å². The minimum atomic E-state index is -4.89. The van der Waals surface area contributed by atoms with Crippen LogP contribution < -0.4 is 24.6 Å². The van der Waals surface area contributed by atoms with E-state index in [0.717, 1.165) is 44.5 Å². The predicted octanol–water partition coefficient (Wildman–Crippen LogP) is 7.48. The van der Waals surface area contributed by atoms with Crippen LogP contribution in [0.5, 0.6) is 23.2 Å². The quantitative estimate of drug-likeness (QED) is 0.123. The highest BCUT2D eigenvalue weighted by molar-refractivity contribution is 7.21. The molecule has 0 amide bonds. The van der Waals surface area contributed by atoms with Crippen molar-refractivity contribution in [1.82, 2.24) is 10.3 Å². The van der Waals surface area contributed by atoms with E-state index in [9.17, 15) is 23.1 Å². The van der Waals surface area contributed by atoms with Crippen LogP contribution in [0.4, 0.5) is 18.9 Å². The molecule has 3 heterocycles. The first-order chi connectivity index (χ1) is 23.6. The van der Waals surface area contributed by atoms with Crippen LogP contribution in [0.1, 0.15) is 15.4 Å². The van der Waals surface area contributed by atoms with Gasteiger partial charge in [0, 0.05) is 39.4 Å². The molecule has 0 aliphatic rings. The number of fused-ring (bicyclic) bond motifs is 2. The Morgan fingerprint density at radius 1 is 0.898 bits per heavy atom. The summed E-state index contributed by atoms with van der Waals surface area (Å²) in [5.41, 5.74) is 9.28. The fourth-order valence-corrected chi connectivity index (χ4v) is 6.69. The van der Waals surface area contributed by atoms with Crippen molar-refractivity contribution in [3.05, 3.63) is 102 Å². The van der Waals surface area contributed by atoms with Gasteiger partial charge >= 0.3 is 18.0 Å². The van der Waals surface area contributed by atoms with Gasteiger partial charge in [0.05, 0.1) is 25.6 Å². The van der Waals surface area contributed by atoms with E-state index in [4.69, 9.17) is 24.7 Å². The number of nitrogens with zero attached hydrogens (tertiary/aromatic N) is 3. The Labute approximate surface area is 279 Å². The largest absolute Gasteiger partial charge is 0.573 e. The van der Waals surface area contributed by atoms with E-state index in [1.807, 2.05) is 54.6 Å². The molecule has 0 atom stereocenters. The molecule has 49 heavy (non-hydrogen) atoms. The number of nitrogen functional groups attached to an aromatic ring is 1. The van der Waals surface area contributed by atoms with Crippen LogP contribution in [0, 0.1) is 0 Å². The number of nitrogens with two attached hydrogens (primary N) is 1. The van der Waals surface area contributed by atoms with E-state index in [-0.39, 0.29) is 16.3 Å². The summed E-state index contributed by atoms with van der Waals surface area (Å²) < 4.78 is 59.1. The molecule has 7 aromatic rings. The Kier molecular flexibility index (Phi) is 7.79. The number of aromatic hydroxyl groups is 1. The van der Waals surface area contributed by atoms with Gasteiger partial charge < -0.3 is 25.1 Å². The molecular weight excluding hydrogens is 661 g/mol. The van der Waals surface area contributed by atoms with Crippen molar-refractivity contribution in [1.29, 1.82) is 0 Å². The van der Waals surface area contributed by atoms with Crippen molar-refractivity contribution in [2.45, 2.75) is 6.36 Å². The molecule has 14 heteroatoms. The average Bonchev–Trinajstić information content (AvgIpc) is 3.65. The van der Waals surface area contributed by atoms with Crippen LogP contribution >= 0.6 is 11.3 Å². The first-order valence-electron chi connectivity index (χ1n) is 14.5. The van der Waals surface area contributed by atoms with Crippen LogP contribution in [0.15, 0.2) is 95.5 Å². The molecule has 246 valence electrons. The number of carbonyl (C=O) groups excluding carboxylic acids is 1. The average molecular weight is 686 g/mol. The standard InChI is InChI=1S/C35H23F3N4O6S/c1-45-21-14-15-24(27(16-21)46-2)25-17-26(23-9-5-7-18-6-3-4-8-22(18)23)40-33-28(25)29(39)32(49-33)31(43)30-34(44)48-41-42(30)19-10-12-20(13-11-19)47-35(36,37)38/h3-17H,1-2H3,(H2-,39,41,43,44)/p+1. The Bertz CT molecular complexity index is 2380. The Morgan fingerprint density at radius 2 is 1.63 bits per heavy atom. The number of anilines is 1. The van der Waals surface area contributed by atoms with Crippen LogP contribution in [0.25, 0.3) is 49.1 Å². The summed E-state index contributed by atoms with van der Waals surface area (Å²) in [6.07, 6.45) is -4.89. The number of rotatable bonds is 8. The molecular formula is C35H24F3N4O6S+. The molecule has 0 radical (unpaired) electrons. The number of carbonyl (C=O) groups is 1. The monoisotopic (exact) mass is 685 g/mol. The van der Waals surface area contributed by atoms with Crippen LogP contribution in [-0.4, -0.2) is 41.7 Å². The molecule has 7 rings (SSSR count). The number of hydrogen-bond acceptors (Lipinski definition) is 10. The first-order valence-corrected chi connectivity index (χ1v) is 15.3. The van der Waals surface area contributed by atoms with Crippen molar-refractivity contribution < 1.29 is 46.5 Å². The second-order valence-corrected chi connectivity index (χ2v) is 11.7. The fraction of sp³-hybridized carbons (Fsp3) is 0.0857. The normalized spacial score (nSPS) is 11.6. The van der Waals surface area contributed by atoms with Gasteiger partial charge in [0.25, 0.3) is 5.78 Å². The third-order valence-corrected chi connectivity index (χ3v) is 8.92. The molecule has 0 fully saturated rings. The lowest BCUT2D eigenvalue weighted by atomic mass is 9.96. The lowest BCUT2D eigenvalue weighted by Gasteiger charge is -2.14. The summed E-state index contributed by atoms with van der Waals surface area (Å²) in [6.45, 7) is 0. The Morgan fingerprint density at radius 3 is 2.37 bits per heavy atom.